The average molecular weight is 488 g/mol. The summed E-state index contributed by atoms with van der Waals surface area (Å²) in [6.07, 6.45) is 0.692. The number of hydrogen-bond acceptors (Lipinski definition) is 5. The Kier molecular flexibility index (Phi) is 8.08. The molecule has 0 unspecified atom stereocenters. The quantitative estimate of drug-likeness (QED) is 0.360. The second-order valence-electron chi connectivity index (χ2n) is 7.97. The minimum atomic E-state index is -0.352. The maximum absolute atomic E-state index is 13.4. The van der Waals surface area contributed by atoms with Gasteiger partial charge < -0.3 is 14.8 Å². The van der Waals surface area contributed by atoms with Crippen molar-refractivity contribution in [1.29, 1.82) is 0 Å². The summed E-state index contributed by atoms with van der Waals surface area (Å²) in [5, 5.41) is 7.14. The SMILES string of the molecule is CCOc1ccc(CCNC(=O)c2ccc(-n3nc(OCc4cccc(F)c4)ccc3=O)cc2)cc1. The van der Waals surface area contributed by atoms with Crippen LogP contribution in [0.4, 0.5) is 4.39 Å². The van der Waals surface area contributed by atoms with E-state index in [0.29, 0.717) is 36.4 Å². The maximum Gasteiger partial charge on any atom is 0.271 e. The summed E-state index contributed by atoms with van der Waals surface area (Å²) in [6, 6.07) is 23.2. The molecular formula is C28H26FN3O4. The fraction of sp³-hybridized carbons (Fsp3) is 0.179. The van der Waals surface area contributed by atoms with E-state index in [9.17, 15) is 14.0 Å². The van der Waals surface area contributed by atoms with Crippen molar-refractivity contribution in [2.24, 2.45) is 0 Å². The van der Waals surface area contributed by atoms with Crippen LogP contribution in [0, 0.1) is 5.82 Å². The second-order valence-corrected chi connectivity index (χ2v) is 7.97. The molecule has 0 aliphatic heterocycles. The Morgan fingerprint density at radius 2 is 1.72 bits per heavy atom. The lowest BCUT2D eigenvalue weighted by Crippen LogP contribution is -2.26. The standard InChI is InChI=1S/C28H26FN3O4/c1-2-35-25-12-6-20(7-13-25)16-17-30-28(34)22-8-10-24(11-9-22)32-27(33)15-14-26(31-32)36-19-21-4-3-5-23(29)18-21/h3-15,18H,2,16-17,19H2,1H3,(H,30,34). The predicted molar refractivity (Wildman–Crippen MR) is 134 cm³/mol. The number of rotatable bonds is 10. The first-order valence-corrected chi connectivity index (χ1v) is 11.6. The average Bonchev–Trinajstić information content (AvgIpc) is 2.89. The van der Waals surface area contributed by atoms with Gasteiger partial charge in [0.15, 0.2) is 0 Å². The molecule has 1 N–H and O–H groups in total. The molecule has 7 nitrogen and oxygen atoms in total. The minimum Gasteiger partial charge on any atom is -0.494 e. The van der Waals surface area contributed by atoms with Crippen LogP contribution in [0.2, 0.25) is 0 Å². The van der Waals surface area contributed by atoms with Crippen molar-refractivity contribution < 1.29 is 18.7 Å². The van der Waals surface area contributed by atoms with E-state index in [2.05, 4.69) is 10.4 Å². The van der Waals surface area contributed by atoms with E-state index in [1.165, 1.54) is 28.9 Å². The van der Waals surface area contributed by atoms with Crippen LogP contribution in [0.5, 0.6) is 11.6 Å². The zero-order valence-electron chi connectivity index (χ0n) is 19.8. The molecule has 0 saturated heterocycles. The van der Waals surface area contributed by atoms with Gasteiger partial charge >= 0.3 is 0 Å². The number of hydrogen-bond donors (Lipinski definition) is 1. The zero-order valence-corrected chi connectivity index (χ0v) is 19.8. The van der Waals surface area contributed by atoms with Gasteiger partial charge in [0.05, 0.1) is 12.3 Å². The van der Waals surface area contributed by atoms with Crippen molar-refractivity contribution >= 4 is 5.91 Å². The topological polar surface area (TPSA) is 82.4 Å². The van der Waals surface area contributed by atoms with Gasteiger partial charge in [0.1, 0.15) is 18.2 Å². The van der Waals surface area contributed by atoms with Crippen LogP contribution in [0.1, 0.15) is 28.4 Å². The highest BCUT2D eigenvalue weighted by Crippen LogP contribution is 2.14. The van der Waals surface area contributed by atoms with Crippen molar-refractivity contribution in [2.45, 2.75) is 20.0 Å². The molecule has 0 spiro atoms. The van der Waals surface area contributed by atoms with Crippen LogP contribution < -0.4 is 20.3 Å². The number of ether oxygens (including phenoxy) is 2. The third kappa shape index (κ3) is 6.56. The molecule has 0 fully saturated rings. The van der Waals surface area contributed by atoms with Crippen molar-refractivity contribution in [3.05, 3.63) is 118 Å². The fourth-order valence-electron chi connectivity index (χ4n) is 3.54. The highest BCUT2D eigenvalue weighted by molar-refractivity contribution is 5.94. The number of nitrogens with zero attached hydrogens (tertiary/aromatic N) is 2. The maximum atomic E-state index is 13.4. The van der Waals surface area contributed by atoms with Gasteiger partial charge in [-0.05, 0) is 73.0 Å². The first kappa shape index (κ1) is 24.7. The monoisotopic (exact) mass is 487 g/mol. The van der Waals surface area contributed by atoms with E-state index in [1.807, 2.05) is 31.2 Å². The Balaban J connectivity index is 1.35. The summed E-state index contributed by atoms with van der Waals surface area (Å²) < 4.78 is 25.6. The number of carbonyl (C=O) groups excluding carboxylic acids is 1. The van der Waals surface area contributed by atoms with Crippen LogP contribution in [0.25, 0.3) is 5.69 Å². The van der Waals surface area contributed by atoms with Crippen LogP contribution in [-0.4, -0.2) is 28.8 Å². The number of benzene rings is 3. The summed E-state index contributed by atoms with van der Waals surface area (Å²) in [5.41, 5.74) is 2.35. The van der Waals surface area contributed by atoms with Crippen LogP contribution >= 0.6 is 0 Å². The van der Waals surface area contributed by atoms with Crippen molar-refractivity contribution in [3.8, 4) is 17.3 Å². The zero-order chi connectivity index (χ0) is 25.3. The predicted octanol–water partition coefficient (Wildman–Crippen LogP) is 4.32. The molecule has 0 saturated carbocycles. The first-order valence-electron chi connectivity index (χ1n) is 11.6. The first-order chi connectivity index (χ1) is 17.5. The second kappa shape index (κ2) is 11.8. The highest BCUT2D eigenvalue weighted by Gasteiger charge is 2.09. The third-order valence-electron chi connectivity index (χ3n) is 5.36. The number of amides is 1. The molecule has 1 aromatic heterocycles. The van der Waals surface area contributed by atoms with Crippen molar-refractivity contribution in [3.63, 3.8) is 0 Å². The Hall–Kier alpha value is -4.46. The van der Waals surface area contributed by atoms with E-state index in [-0.39, 0.29) is 29.8 Å². The van der Waals surface area contributed by atoms with E-state index in [4.69, 9.17) is 9.47 Å². The molecule has 0 bridgehead atoms. The molecule has 184 valence electrons. The summed E-state index contributed by atoms with van der Waals surface area (Å²) >= 11 is 0. The third-order valence-corrected chi connectivity index (χ3v) is 5.36. The Labute approximate surface area is 208 Å². The molecule has 1 heterocycles. The van der Waals surface area contributed by atoms with Crippen molar-refractivity contribution in [2.75, 3.05) is 13.2 Å². The molecule has 3 aromatic carbocycles. The number of nitrogens with one attached hydrogen (secondary N) is 1. The van der Waals surface area contributed by atoms with Gasteiger partial charge in [-0.1, -0.05) is 24.3 Å². The largest absolute Gasteiger partial charge is 0.494 e. The van der Waals surface area contributed by atoms with Gasteiger partial charge in [0.25, 0.3) is 11.5 Å². The number of carbonyl (C=O) groups is 1. The minimum absolute atomic E-state index is 0.110. The van der Waals surface area contributed by atoms with Crippen LogP contribution in [-0.2, 0) is 13.0 Å². The molecule has 8 heteroatoms. The highest BCUT2D eigenvalue weighted by atomic mass is 19.1. The fourth-order valence-corrected chi connectivity index (χ4v) is 3.54. The summed E-state index contributed by atoms with van der Waals surface area (Å²) in [7, 11) is 0. The van der Waals surface area contributed by atoms with Crippen molar-refractivity contribution in [1.82, 2.24) is 15.1 Å². The van der Waals surface area contributed by atoms with Crippen LogP contribution in [0.15, 0.2) is 89.7 Å². The molecule has 1 amide bonds. The van der Waals surface area contributed by atoms with Gasteiger partial charge in [-0.25, -0.2) is 4.39 Å². The van der Waals surface area contributed by atoms with E-state index < -0.39 is 0 Å². The molecule has 0 aliphatic carbocycles. The molecule has 0 radical (unpaired) electrons. The lowest BCUT2D eigenvalue weighted by Gasteiger charge is -2.10. The van der Waals surface area contributed by atoms with Gasteiger partial charge in [-0.3, -0.25) is 9.59 Å². The number of halogens is 1. The van der Waals surface area contributed by atoms with E-state index >= 15 is 0 Å². The molecule has 36 heavy (non-hydrogen) atoms. The van der Waals surface area contributed by atoms with Gasteiger partial charge in [-0.2, -0.15) is 4.68 Å². The molecule has 4 aromatic rings. The molecule has 4 rings (SSSR count). The molecule has 0 atom stereocenters. The molecular weight excluding hydrogens is 461 g/mol. The van der Waals surface area contributed by atoms with E-state index in [1.54, 1.807) is 36.4 Å². The Morgan fingerprint density at radius 1 is 0.944 bits per heavy atom. The summed E-state index contributed by atoms with van der Waals surface area (Å²) in [6.45, 7) is 3.15. The Morgan fingerprint density at radius 3 is 2.44 bits per heavy atom. The summed E-state index contributed by atoms with van der Waals surface area (Å²) in [5.74, 6) is 0.479. The van der Waals surface area contributed by atoms with Gasteiger partial charge in [0.2, 0.25) is 5.88 Å². The lowest BCUT2D eigenvalue weighted by molar-refractivity contribution is 0.0954. The summed E-state index contributed by atoms with van der Waals surface area (Å²) in [4.78, 5) is 24.9. The van der Waals surface area contributed by atoms with Gasteiger partial charge in [-0.15, -0.1) is 5.10 Å². The smallest absolute Gasteiger partial charge is 0.271 e. The normalized spacial score (nSPS) is 10.6. The number of aromatic nitrogens is 2. The van der Waals surface area contributed by atoms with Gasteiger partial charge in [0, 0.05) is 24.2 Å². The van der Waals surface area contributed by atoms with Crippen LogP contribution in [0.3, 0.4) is 0 Å². The van der Waals surface area contributed by atoms with E-state index in [0.717, 1.165) is 11.3 Å². The molecule has 0 aliphatic rings. The Bertz CT molecular complexity index is 1370. The lowest BCUT2D eigenvalue weighted by atomic mass is 10.1.